The Morgan fingerprint density at radius 1 is 1.22 bits per heavy atom. The Balaban J connectivity index is 1.63. The molecule has 5 nitrogen and oxygen atoms in total. The quantitative estimate of drug-likeness (QED) is 0.622. The number of ether oxygens (including phenoxy) is 2. The third kappa shape index (κ3) is 3.41. The highest BCUT2D eigenvalue weighted by molar-refractivity contribution is 7.19. The van der Waals surface area contributed by atoms with Crippen LogP contribution in [0.25, 0.3) is 10.2 Å². The summed E-state index contributed by atoms with van der Waals surface area (Å²) in [5, 5.41) is 1.14. The largest absolute Gasteiger partial charge is 0.493 e. The van der Waals surface area contributed by atoms with E-state index in [0.717, 1.165) is 34.4 Å². The second-order valence-corrected chi connectivity index (χ2v) is 7.54. The maximum Gasteiger partial charge on any atom is 0.387 e. The van der Waals surface area contributed by atoms with E-state index in [9.17, 15) is 8.78 Å². The highest BCUT2D eigenvalue weighted by Gasteiger charge is 2.22. The molecule has 0 N–H and O–H groups in total. The molecule has 0 radical (unpaired) electrons. The minimum Gasteiger partial charge on any atom is -0.493 e. The molecule has 1 aromatic carbocycles. The molecular formula is C19H19F2N3O2S. The number of anilines is 1. The molecule has 4 rings (SSSR count). The molecule has 0 amide bonds. The Bertz CT molecular complexity index is 977. The van der Waals surface area contributed by atoms with E-state index in [1.807, 2.05) is 7.05 Å². The van der Waals surface area contributed by atoms with Crippen molar-refractivity contribution in [3.63, 3.8) is 0 Å². The monoisotopic (exact) mass is 391 g/mol. The van der Waals surface area contributed by atoms with Gasteiger partial charge in [-0.25, -0.2) is 9.97 Å². The summed E-state index contributed by atoms with van der Waals surface area (Å²) in [6.07, 6.45) is 4.96. The molecule has 0 aliphatic heterocycles. The summed E-state index contributed by atoms with van der Waals surface area (Å²) in [6, 6.07) is 4.98. The number of methoxy groups -OCH3 is 1. The fourth-order valence-electron chi connectivity index (χ4n) is 3.55. The zero-order valence-corrected chi connectivity index (χ0v) is 15.9. The summed E-state index contributed by atoms with van der Waals surface area (Å²) in [4.78, 5) is 13.4. The van der Waals surface area contributed by atoms with Crippen molar-refractivity contribution in [1.82, 2.24) is 9.97 Å². The number of rotatable bonds is 6. The van der Waals surface area contributed by atoms with Gasteiger partial charge in [0.05, 0.1) is 12.5 Å². The van der Waals surface area contributed by atoms with Crippen LogP contribution in [0.3, 0.4) is 0 Å². The smallest absolute Gasteiger partial charge is 0.387 e. The number of fused-ring (bicyclic) bond motifs is 3. The normalized spacial score (nSPS) is 13.2. The predicted molar refractivity (Wildman–Crippen MR) is 101 cm³/mol. The number of hydrogen-bond acceptors (Lipinski definition) is 6. The van der Waals surface area contributed by atoms with Gasteiger partial charge in [-0.1, -0.05) is 6.07 Å². The third-order valence-corrected chi connectivity index (χ3v) is 5.91. The topological polar surface area (TPSA) is 47.5 Å². The van der Waals surface area contributed by atoms with Crippen LogP contribution in [0.1, 0.15) is 22.4 Å². The maximum absolute atomic E-state index is 12.5. The van der Waals surface area contributed by atoms with Crippen LogP contribution in [0.4, 0.5) is 14.6 Å². The highest BCUT2D eigenvalue weighted by Crippen LogP contribution is 2.40. The lowest BCUT2D eigenvalue weighted by Crippen LogP contribution is -2.18. The van der Waals surface area contributed by atoms with E-state index in [4.69, 9.17) is 4.74 Å². The van der Waals surface area contributed by atoms with Gasteiger partial charge in [-0.2, -0.15) is 8.78 Å². The first-order valence-corrected chi connectivity index (χ1v) is 9.46. The van der Waals surface area contributed by atoms with Crippen molar-refractivity contribution in [2.45, 2.75) is 32.4 Å². The number of halogens is 2. The molecule has 0 fully saturated rings. The first-order chi connectivity index (χ1) is 13.1. The fourth-order valence-corrected chi connectivity index (χ4v) is 4.78. The molecule has 3 aromatic rings. The molecule has 0 unspecified atom stereocenters. The minimum absolute atomic E-state index is 0.0268. The van der Waals surface area contributed by atoms with E-state index in [1.54, 1.807) is 29.8 Å². The minimum atomic E-state index is -2.89. The van der Waals surface area contributed by atoms with Crippen molar-refractivity contribution in [3.8, 4) is 11.5 Å². The van der Waals surface area contributed by atoms with Gasteiger partial charge in [-0.3, -0.25) is 0 Å². The Morgan fingerprint density at radius 3 is 2.85 bits per heavy atom. The molecule has 0 atom stereocenters. The summed E-state index contributed by atoms with van der Waals surface area (Å²) < 4.78 is 34.7. The van der Waals surface area contributed by atoms with E-state index in [0.29, 0.717) is 6.54 Å². The predicted octanol–water partition coefficient (Wildman–Crippen LogP) is 4.43. The average Bonchev–Trinajstić information content (AvgIpc) is 3.23. The van der Waals surface area contributed by atoms with Crippen molar-refractivity contribution in [2.24, 2.45) is 0 Å². The van der Waals surface area contributed by atoms with Crippen molar-refractivity contribution in [1.29, 1.82) is 0 Å². The van der Waals surface area contributed by atoms with Crippen LogP contribution in [0.5, 0.6) is 11.5 Å². The lowest BCUT2D eigenvalue weighted by Gasteiger charge is -2.20. The number of benzene rings is 1. The Hall–Kier alpha value is -2.48. The van der Waals surface area contributed by atoms with Gasteiger partial charge < -0.3 is 14.4 Å². The molecule has 0 spiro atoms. The van der Waals surface area contributed by atoms with Crippen LogP contribution in [0, 0.1) is 0 Å². The van der Waals surface area contributed by atoms with Crippen molar-refractivity contribution < 1.29 is 18.3 Å². The molecule has 0 saturated heterocycles. The second-order valence-electron chi connectivity index (χ2n) is 6.45. The Kier molecular flexibility index (Phi) is 4.82. The van der Waals surface area contributed by atoms with Crippen LogP contribution in [-0.2, 0) is 19.4 Å². The van der Waals surface area contributed by atoms with Crippen LogP contribution in [0.2, 0.25) is 0 Å². The highest BCUT2D eigenvalue weighted by atomic mass is 32.1. The van der Waals surface area contributed by atoms with Crippen molar-refractivity contribution in [3.05, 3.63) is 40.5 Å². The first kappa shape index (κ1) is 17.9. The van der Waals surface area contributed by atoms with E-state index in [2.05, 4.69) is 19.6 Å². The SMILES string of the molecule is COc1cc(CN(C)c2ncnc3sc4c(c23)CCC4)ccc1OC(F)F. The van der Waals surface area contributed by atoms with Gasteiger partial charge in [-0.15, -0.1) is 11.3 Å². The number of thiophene rings is 1. The van der Waals surface area contributed by atoms with Crippen LogP contribution < -0.4 is 14.4 Å². The number of aryl methyl sites for hydroxylation is 2. The van der Waals surface area contributed by atoms with Crippen molar-refractivity contribution in [2.75, 3.05) is 19.1 Å². The number of aromatic nitrogens is 2. The van der Waals surface area contributed by atoms with Gasteiger partial charge in [0.1, 0.15) is 17.0 Å². The van der Waals surface area contributed by atoms with Crippen LogP contribution in [-0.4, -0.2) is 30.7 Å². The molecule has 1 aliphatic rings. The summed E-state index contributed by atoms with van der Waals surface area (Å²) in [5.74, 6) is 1.20. The number of alkyl halides is 2. The molecule has 142 valence electrons. The lowest BCUT2D eigenvalue weighted by molar-refractivity contribution is -0.0512. The third-order valence-electron chi connectivity index (χ3n) is 4.71. The zero-order chi connectivity index (χ0) is 19.0. The van der Waals surface area contributed by atoms with Gasteiger partial charge in [0, 0.05) is 18.5 Å². The van der Waals surface area contributed by atoms with Crippen LogP contribution >= 0.6 is 11.3 Å². The van der Waals surface area contributed by atoms with E-state index in [1.165, 1.54) is 30.0 Å². The summed E-state index contributed by atoms with van der Waals surface area (Å²) in [7, 11) is 3.40. The summed E-state index contributed by atoms with van der Waals surface area (Å²) in [5.41, 5.74) is 2.28. The van der Waals surface area contributed by atoms with Gasteiger partial charge >= 0.3 is 6.61 Å². The Morgan fingerprint density at radius 2 is 2.07 bits per heavy atom. The molecule has 27 heavy (non-hydrogen) atoms. The fraction of sp³-hybridized carbons (Fsp3) is 0.368. The van der Waals surface area contributed by atoms with Gasteiger partial charge in [0.15, 0.2) is 11.5 Å². The maximum atomic E-state index is 12.5. The van der Waals surface area contributed by atoms with Gasteiger partial charge in [0.2, 0.25) is 0 Å². The molecule has 0 saturated carbocycles. The lowest BCUT2D eigenvalue weighted by atomic mass is 10.1. The Labute approximate surface area is 159 Å². The molecule has 0 bridgehead atoms. The second kappa shape index (κ2) is 7.26. The van der Waals surface area contributed by atoms with Crippen LogP contribution in [0.15, 0.2) is 24.5 Å². The zero-order valence-electron chi connectivity index (χ0n) is 15.0. The van der Waals surface area contributed by atoms with E-state index < -0.39 is 6.61 Å². The summed E-state index contributed by atoms with van der Waals surface area (Å²) >= 11 is 1.75. The molecule has 2 heterocycles. The molecular weight excluding hydrogens is 372 g/mol. The standard InChI is InChI=1S/C19H19F2N3O2S/c1-24(9-11-6-7-13(26-19(20)21)14(8-11)25-2)17-16-12-4-3-5-15(12)27-18(16)23-10-22-17/h6-8,10,19H,3-5,9H2,1-2H3. The van der Waals surface area contributed by atoms with Gasteiger partial charge in [-0.05, 0) is 42.5 Å². The number of nitrogens with zero attached hydrogens (tertiary/aromatic N) is 3. The van der Waals surface area contributed by atoms with Gasteiger partial charge in [0.25, 0.3) is 0 Å². The van der Waals surface area contributed by atoms with E-state index in [-0.39, 0.29) is 11.5 Å². The van der Waals surface area contributed by atoms with E-state index >= 15 is 0 Å². The molecule has 8 heteroatoms. The summed E-state index contributed by atoms with van der Waals surface area (Å²) in [6.45, 7) is -2.33. The molecule has 2 aromatic heterocycles. The molecule has 1 aliphatic carbocycles. The van der Waals surface area contributed by atoms with Crippen molar-refractivity contribution >= 4 is 27.4 Å². The average molecular weight is 391 g/mol. The first-order valence-electron chi connectivity index (χ1n) is 8.65. The number of hydrogen-bond donors (Lipinski definition) is 0.